The van der Waals surface area contributed by atoms with Gasteiger partial charge >= 0.3 is 0 Å². The maximum atomic E-state index is 12.5. The third-order valence-electron chi connectivity index (χ3n) is 3.30. The lowest BCUT2D eigenvalue weighted by atomic mass is 10.3. The van der Waals surface area contributed by atoms with Gasteiger partial charge in [0.2, 0.25) is 0 Å². The van der Waals surface area contributed by atoms with Crippen LogP contribution in [0.25, 0.3) is 0 Å². The van der Waals surface area contributed by atoms with E-state index in [2.05, 4.69) is 4.98 Å². The molecule has 3 heterocycles. The number of carbonyl (C=O) groups is 2. The Balaban J connectivity index is 1.92. The fourth-order valence-corrected chi connectivity index (χ4v) is 2.68. The minimum Gasteiger partial charge on any atom is -0.378 e. The summed E-state index contributed by atoms with van der Waals surface area (Å²) in [5, 5.41) is 0.210. The Morgan fingerprint density at radius 1 is 1.10 bits per heavy atom. The first kappa shape index (κ1) is 14.3. The zero-order chi connectivity index (χ0) is 15.0. The van der Waals surface area contributed by atoms with Crippen LogP contribution in [0.15, 0.2) is 29.1 Å². The standard InChI is InChI=1S/C13H11Cl2N3O3/c14-9-2-1-8(7-16-9)18-12(19)10(15)11(13(18)20)17-3-5-21-6-4-17/h1-2,7H,3-6H2. The number of carbonyl (C=O) groups excluding carboxylic acids is 2. The minimum absolute atomic E-state index is 0.0724. The van der Waals surface area contributed by atoms with E-state index in [1.807, 2.05) is 0 Å². The highest BCUT2D eigenvalue weighted by molar-refractivity contribution is 6.52. The van der Waals surface area contributed by atoms with Crippen LogP contribution in [0.5, 0.6) is 0 Å². The Hall–Kier alpha value is -1.63. The van der Waals surface area contributed by atoms with Crippen molar-refractivity contribution in [2.75, 3.05) is 31.2 Å². The van der Waals surface area contributed by atoms with Gasteiger partial charge in [0.25, 0.3) is 11.8 Å². The molecule has 0 radical (unpaired) electrons. The van der Waals surface area contributed by atoms with E-state index in [4.69, 9.17) is 27.9 Å². The largest absolute Gasteiger partial charge is 0.378 e. The van der Waals surface area contributed by atoms with E-state index in [1.165, 1.54) is 12.3 Å². The first-order valence-electron chi connectivity index (χ1n) is 6.32. The first-order chi connectivity index (χ1) is 10.1. The number of hydrogen-bond acceptors (Lipinski definition) is 5. The van der Waals surface area contributed by atoms with Crippen molar-refractivity contribution in [2.45, 2.75) is 0 Å². The molecule has 2 amide bonds. The van der Waals surface area contributed by atoms with Gasteiger partial charge in [0.15, 0.2) is 0 Å². The molecule has 8 heteroatoms. The number of nitrogens with zero attached hydrogens (tertiary/aromatic N) is 3. The number of amides is 2. The molecule has 0 aliphatic carbocycles. The first-order valence-corrected chi connectivity index (χ1v) is 7.08. The van der Waals surface area contributed by atoms with E-state index >= 15 is 0 Å². The monoisotopic (exact) mass is 327 g/mol. The van der Waals surface area contributed by atoms with Crippen LogP contribution in [0.1, 0.15) is 0 Å². The molecule has 2 aliphatic heterocycles. The second kappa shape index (κ2) is 5.63. The van der Waals surface area contributed by atoms with Crippen molar-refractivity contribution in [3.63, 3.8) is 0 Å². The molecule has 0 spiro atoms. The molecule has 0 atom stereocenters. The van der Waals surface area contributed by atoms with Gasteiger partial charge in [-0.15, -0.1) is 0 Å². The van der Waals surface area contributed by atoms with Crippen LogP contribution in [0.4, 0.5) is 5.69 Å². The Bertz CT molecular complexity index is 624. The number of morpholine rings is 1. The van der Waals surface area contributed by atoms with Crippen molar-refractivity contribution < 1.29 is 14.3 Å². The zero-order valence-corrected chi connectivity index (χ0v) is 12.4. The van der Waals surface area contributed by atoms with Crippen LogP contribution in [0.2, 0.25) is 5.15 Å². The smallest absolute Gasteiger partial charge is 0.283 e. The van der Waals surface area contributed by atoms with Crippen LogP contribution < -0.4 is 4.90 Å². The van der Waals surface area contributed by atoms with Gasteiger partial charge in [-0.25, -0.2) is 9.88 Å². The average molecular weight is 328 g/mol. The molecule has 0 N–H and O–H groups in total. The number of halogens is 2. The molecule has 3 rings (SSSR count). The summed E-state index contributed by atoms with van der Waals surface area (Å²) >= 11 is 11.8. The molecule has 0 bridgehead atoms. The van der Waals surface area contributed by atoms with Crippen molar-refractivity contribution in [3.8, 4) is 0 Å². The Kier molecular flexibility index (Phi) is 3.84. The third kappa shape index (κ3) is 2.50. The van der Waals surface area contributed by atoms with Crippen LogP contribution in [-0.4, -0.2) is 48.0 Å². The highest BCUT2D eigenvalue weighted by atomic mass is 35.5. The quantitative estimate of drug-likeness (QED) is 0.606. The van der Waals surface area contributed by atoms with E-state index in [9.17, 15) is 9.59 Å². The van der Waals surface area contributed by atoms with Gasteiger partial charge in [-0.05, 0) is 12.1 Å². The highest BCUT2D eigenvalue weighted by Crippen LogP contribution is 2.31. The lowest BCUT2D eigenvalue weighted by Crippen LogP contribution is -2.40. The van der Waals surface area contributed by atoms with E-state index in [1.54, 1.807) is 11.0 Å². The van der Waals surface area contributed by atoms with E-state index in [0.717, 1.165) is 4.90 Å². The predicted octanol–water partition coefficient (Wildman–Crippen LogP) is 1.39. The Labute approximate surface area is 130 Å². The number of ether oxygens (including phenoxy) is 1. The number of rotatable bonds is 2. The summed E-state index contributed by atoms with van der Waals surface area (Å²) < 4.78 is 5.24. The SMILES string of the molecule is O=C1C(Cl)=C(N2CCOCC2)C(=O)N1c1ccc(Cl)nc1. The van der Waals surface area contributed by atoms with Crippen molar-refractivity contribution in [3.05, 3.63) is 34.2 Å². The molecular formula is C13H11Cl2N3O3. The maximum absolute atomic E-state index is 12.5. The molecule has 0 unspecified atom stereocenters. The molecular weight excluding hydrogens is 317 g/mol. The zero-order valence-electron chi connectivity index (χ0n) is 10.9. The van der Waals surface area contributed by atoms with Gasteiger partial charge in [0.05, 0.1) is 25.1 Å². The van der Waals surface area contributed by atoms with Crippen LogP contribution in [-0.2, 0) is 14.3 Å². The number of hydrogen-bond donors (Lipinski definition) is 0. The number of anilines is 1. The molecule has 0 aromatic carbocycles. The van der Waals surface area contributed by atoms with Crippen molar-refractivity contribution >= 4 is 40.7 Å². The van der Waals surface area contributed by atoms with Crippen LogP contribution >= 0.6 is 23.2 Å². The fourth-order valence-electron chi connectivity index (χ4n) is 2.29. The molecule has 1 saturated heterocycles. The van der Waals surface area contributed by atoms with Gasteiger partial charge in [-0.2, -0.15) is 0 Å². The second-order valence-corrected chi connectivity index (χ2v) is 5.31. The number of imide groups is 1. The molecule has 21 heavy (non-hydrogen) atoms. The molecule has 1 aromatic rings. The van der Waals surface area contributed by atoms with Gasteiger partial charge in [0.1, 0.15) is 15.9 Å². The van der Waals surface area contributed by atoms with Crippen molar-refractivity contribution in [1.82, 2.24) is 9.88 Å². The van der Waals surface area contributed by atoms with Crippen molar-refractivity contribution in [1.29, 1.82) is 0 Å². The van der Waals surface area contributed by atoms with E-state index < -0.39 is 11.8 Å². The number of pyridine rings is 1. The van der Waals surface area contributed by atoms with Crippen molar-refractivity contribution in [2.24, 2.45) is 0 Å². The maximum Gasteiger partial charge on any atom is 0.283 e. The Morgan fingerprint density at radius 3 is 2.43 bits per heavy atom. The molecule has 2 aliphatic rings. The molecule has 110 valence electrons. The minimum atomic E-state index is -0.549. The number of aromatic nitrogens is 1. The lowest BCUT2D eigenvalue weighted by Gasteiger charge is -2.29. The van der Waals surface area contributed by atoms with Gasteiger partial charge in [-0.3, -0.25) is 9.59 Å². The topological polar surface area (TPSA) is 62.7 Å². The summed E-state index contributed by atoms with van der Waals surface area (Å²) in [6.45, 7) is 2.05. The summed E-state index contributed by atoms with van der Waals surface area (Å²) in [4.78, 5) is 31.4. The van der Waals surface area contributed by atoms with Gasteiger partial charge in [0, 0.05) is 13.1 Å². The second-order valence-electron chi connectivity index (χ2n) is 4.55. The average Bonchev–Trinajstić information content (AvgIpc) is 2.72. The summed E-state index contributed by atoms with van der Waals surface area (Å²) in [6, 6.07) is 3.07. The van der Waals surface area contributed by atoms with E-state index in [-0.39, 0.29) is 15.9 Å². The Morgan fingerprint density at radius 2 is 1.81 bits per heavy atom. The van der Waals surface area contributed by atoms with E-state index in [0.29, 0.717) is 32.0 Å². The summed E-state index contributed by atoms with van der Waals surface area (Å²) in [5.41, 5.74) is 0.565. The molecule has 0 saturated carbocycles. The predicted molar refractivity (Wildman–Crippen MR) is 77.0 cm³/mol. The third-order valence-corrected chi connectivity index (χ3v) is 3.87. The fraction of sp³-hybridized carbons (Fsp3) is 0.308. The van der Waals surface area contributed by atoms with Crippen LogP contribution in [0, 0.1) is 0 Å². The summed E-state index contributed by atoms with van der Waals surface area (Å²) in [5.74, 6) is -0.997. The lowest BCUT2D eigenvalue weighted by molar-refractivity contribution is -0.121. The molecule has 1 fully saturated rings. The molecule has 6 nitrogen and oxygen atoms in total. The molecule has 1 aromatic heterocycles. The normalized spacial score (nSPS) is 19.7. The van der Waals surface area contributed by atoms with Crippen LogP contribution in [0.3, 0.4) is 0 Å². The highest BCUT2D eigenvalue weighted by Gasteiger charge is 2.41. The summed E-state index contributed by atoms with van der Waals surface area (Å²) in [6.07, 6.45) is 1.37. The van der Waals surface area contributed by atoms with Gasteiger partial charge in [-0.1, -0.05) is 23.2 Å². The van der Waals surface area contributed by atoms with Gasteiger partial charge < -0.3 is 9.64 Å². The summed E-state index contributed by atoms with van der Waals surface area (Å²) in [7, 11) is 0.